The molecule has 1 N–H and O–H groups in total. The highest BCUT2D eigenvalue weighted by Gasteiger charge is 2.55. The van der Waals surface area contributed by atoms with Crippen molar-refractivity contribution in [3.8, 4) is 0 Å². The van der Waals surface area contributed by atoms with Gasteiger partial charge in [-0.15, -0.1) is 0 Å². The molecular weight excluding hydrogens is 368 g/mol. The highest BCUT2D eigenvalue weighted by molar-refractivity contribution is 5.69. The molecule has 0 unspecified atom stereocenters. The topological polar surface area (TPSA) is 80.5 Å². The van der Waals surface area contributed by atoms with Gasteiger partial charge in [0.1, 0.15) is 6.61 Å². The number of nitrogens with zero attached hydrogens (tertiary/aromatic N) is 3. The van der Waals surface area contributed by atoms with E-state index in [2.05, 4.69) is 34.2 Å². The second kappa shape index (κ2) is 7.30. The Labute approximate surface area is 170 Å². The quantitative estimate of drug-likeness (QED) is 0.694. The summed E-state index contributed by atoms with van der Waals surface area (Å²) in [6, 6.07) is 10.5. The maximum absolute atomic E-state index is 12.8. The highest BCUT2D eigenvalue weighted by Crippen LogP contribution is 2.51. The molecule has 0 bridgehead atoms. The molecule has 2 aliphatic carbocycles. The van der Waals surface area contributed by atoms with Gasteiger partial charge < -0.3 is 19.5 Å². The zero-order valence-corrected chi connectivity index (χ0v) is 16.4. The fraction of sp³-hybridized carbons (Fsp3) is 0.500. The Morgan fingerprint density at radius 3 is 2.79 bits per heavy atom. The number of carbonyl (C=O) groups excluding carboxylic acids is 1. The van der Waals surface area contributed by atoms with Crippen molar-refractivity contribution in [2.45, 2.75) is 42.6 Å². The Bertz CT molecular complexity index is 888. The maximum Gasteiger partial charge on any atom is 0.410 e. The first-order valence-corrected chi connectivity index (χ1v) is 10.3. The molecule has 7 heteroatoms. The first-order valence-electron chi connectivity index (χ1n) is 10.3. The van der Waals surface area contributed by atoms with Crippen LogP contribution >= 0.6 is 0 Å². The van der Waals surface area contributed by atoms with Crippen LogP contribution in [0.15, 0.2) is 47.5 Å². The first kappa shape index (κ1) is 18.4. The van der Waals surface area contributed by atoms with E-state index >= 15 is 0 Å². The van der Waals surface area contributed by atoms with Gasteiger partial charge >= 0.3 is 6.09 Å². The van der Waals surface area contributed by atoms with Gasteiger partial charge in [0.25, 0.3) is 0 Å². The van der Waals surface area contributed by atoms with Gasteiger partial charge in [-0.05, 0) is 24.8 Å². The van der Waals surface area contributed by atoms with Crippen molar-refractivity contribution in [1.29, 1.82) is 0 Å². The molecule has 2 heterocycles. The van der Waals surface area contributed by atoms with Crippen molar-refractivity contribution in [1.82, 2.24) is 20.4 Å². The van der Waals surface area contributed by atoms with Crippen LogP contribution in [-0.2, 0) is 10.2 Å². The van der Waals surface area contributed by atoms with Crippen molar-refractivity contribution in [2.24, 2.45) is 0 Å². The molecule has 1 aliphatic heterocycles. The number of nitrogens with one attached hydrogen (secondary N) is 1. The molecule has 1 aromatic carbocycles. The fourth-order valence-electron chi connectivity index (χ4n) is 4.12. The lowest BCUT2D eigenvalue weighted by Crippen LogP contribution is -2.41. The van der Waals surface area contributed by atoms with Crippen molar-refractivity contribution in [2.75, 3.05) is 26.2 Å². The molecule has 1 aromatic heterocycles. The van der Waals surface area contributed by atoms with E-state index in [0.717, 1.165) is 38.2 Å². The number of benzene rings is 1. The van der Waals surface area contributed by atoms with E-state index in [0.29, 0.717) is 24.3 Å². The molecule has 2 atom stereocenters. The van der Waals surface area contributed by atoms with Crippen LogP contribution in [0.2, 0.25) is 0 Å². The Kier molecular flexibility index (Phi) is 4.62. The van der Waals surface area contributed by atoms with Gasteiger partial charge in [-0.25, -0.2) is 4.79 Å². The van der Waals surface area contributed by atoms with Gasteiger partial charge in [-0.2, -0.15) is 4.98 Å². The smallest absolute Gasteiger partial charge is 0.410 e. The number of ether oxygens (including phenoxy) is 1. The summed E-state index contributed by atoms with van der Waals surface area (Å²) in [5.74, 6) is 2.11. The van der Waals surface area contributed by atoms with Gasteiger partial charge in [0, 0.05) is 31.6 Å². The minimum atomic E-state index is -0.286. The predicted octanol–water partition coefficient (Wildman–Crippen LogP) is 2.97. The van der Waals surface area contributed by atoms with E-state index in [-0.39, 0.29) is 24.2 Å². The summed E-state index contributed by atoms with van der Waals surface area (Å²) in [7, 11) is 0. The molecule has 2 saturated carbocycles. The minimum absolute atomic E-state index is 0.148. The van der Waals surface area contributed by atoms with E-state index < -0.39 is 0 Å². The van der Waals surface area contributed by atoms with Gasteiger partial charge in [-0.3, -0.25) is 0 Å². The van der Waals surface area contributed by atoms with E-state index in [1.807, 2.05) is 23.1 Å². The third-order valence-electron chi connectivity index (χ3n) is 6.32. The van der Waals surface area contributed by atoms with Crippen LogP contribution in [0, 0.1) is 0 Å². The summed E-state index contributed by atoms with van der Waals surface area (Å²) in [5, 5.41) is 7.50. The summed E-state index contributed by atoms with van der Waals surface area (Å²) in [6.07, 6.45) is 4.19. The molecule has 1 amide bonds. The standard InChI is InChI=1S/C22H26N4O3/c1-2-10-28-21(27)26(18-11-17(18)15-6-4-3-5-7-15)14-22(8-9-22)20-24-19(29-25-20)16-12-23-13-16/h2-7,16-18,23H,1,8-14H2/t17-,18+/m1/s1. The van der Waals surface area contributed by atoms with Gasteiger partial charge in [0.2, 0.25) is 5.89 Å². The van der Waals surface area contributed by atoms with Gasteiger partial charge in [0.15, 0.2) is 5.82 Å². The third-order valence-corrected chi connectivity index (χ3v) is 6.32. The van der Waals surface area contributed by atoms with Crippen LogP contribution < -0.4 is 5.32 Å². The molecule has 29 heavy (non-hydrogen) atoms. The molecule has 1 saturated heterocycles. The lowest BCUT2D eigenvalue weighted by atomic mass is 10.0. The van der Waals surface area contributed by atoms with E-state index in [1.165, 1.54) is 5.56 Å². The Morgan fingerprint density at radius 1 is 1.34 bits per heavy atom. The van der Waals surface area contributed by atoms with Crippen molar-refractivity contribution in [3.63, 3.8) is 0 Å². The number of hydrogen-bond donors (Lipinski definition) is 1. The van der Waals surface area contributed by atoms with Crippen LogP contribution in [0.5, 0.6) is 0 Å². The average Bonchev–Trinajstić information content (AvgIpc) is 3.61. The van der Waals surface area contributed by atoms with Crippen LogP contribution in [0.3, 0.4) is 0 Å². The van der Waals surface area contributed by atoms with E-state index in [9.17, 15) is 4.79 Å². The Morgan fingerprint density at radius 2 is 2.14 bits per heavy atom. The van der Waals surface area contributed by atoms with Crippen molar-refractivity contribution in [3.05, 3.63) is 60.3 Å². The molecule has 5 rings (SSSR count). The Balaban J connectivity index is 1.33. The van der Waals surface area contributed by atoms with Gasteiger partial charge in [-0.1, -0.05) is 48.1 Å². The molecular formula is C22H26N4O3. The molecule has 2 aromatic rings. The number of aromatic nitrogens is 2. The first-order chi connectivity index (χ1) is 14.2. The molecule has 152 valence electrons. The van der Waals surface area contributed by atoms with Crippen LogP contribution in [0.4, 0.5) is 4.79 Å². The van der Waals surface area contributed by atoms with Crippen molar-refractivity contribution < 1.29 is 14.1 Å². The van der Waals surface area contributed by atoms with Gasteiger partial charge in [0.05, 0.1) is 11.3 Å². The fourth-order valence-corrected chi connectivity index (χ4v) is 4.12. The Hall–Kier alpha value is -2.67. The molecule has 0 spiro atoms. The number of carbonyl (C=O) groups is 1. The summed E-state index contributed by atoms with van der Waals surface area (Å²) in [6.45, 7) is 6.20. The largest absolute Gasteiger partial charge is 0.445 e. The lowest BCUT2D eigenvalue weighted by Gasteiger charge is -2.26. The molecule has 3 fully saturated rings. The number of amides is 1. The summed E-state index contributed by atoms with van der Waals surface area (Å²) in [5.41, 5.74) is 1.05. The van der Waals surface area contributed by atoms with Crippen LogP contribution in [0.1, 0.15) is 48.4 Å². The average molecular weight is 394 g/mol. The molecule has 3 aliphatic rings. The van der Waals surface area contributed by atoms with Crippen LogP contribution in [0.25, 0.3) is 0 Å². The summed E-state index contributed by atoms with van der Waals surface area (Å²) in [4.78, 5) is 19.4. The normalized spacial score (nSPS) is 24.4. The van der Waals surface area contributed by atoms with Crippen LogP contribution in [-0.4, -0.2) is 53.4 Å². The SMILES string of the molecule is C=CCOC(=O)N(CC1(c2noc(C3CNC3)n2)CC1)[C@H]1C[C@@H]1c1ccccc1. The molecule has 0 radical (unpaired) electrons. The highest BCUT2D eigenvalue weighted by atomic mass is 16.6. The number of rotatable bonds is 8. The second-order valence-electron chi connectivity index (χ2n) is 8.41. The second-order valence-corrected chi connectivity index (χ2v) is 8.41. The lowest BCUT2D eigenvalue weighted by molar-refractivity contribution is 0.104. The van der Waals surface area contributed by atoms with Crippen molar-refractivity contribution >= 4 is 6.09 Å². The zero-order chi connectivity index (χ0) is 19.8. The maximum atomic E-state index is 12.8. The summed E-state index contributed by atoms with van der Waals surface area (Å²) < 4.78 is 10.9. The van der Waals surface area contributed by atoms with E-state index in [1.54, 1.807) is 6.08 Å². The van der Waals surface area contributed by atoms with E-state index in [4.69, 9.17) is 9.26 Å². The third kappa shape index (κ3) is 3.55. The monoisotopic (exact) mass is 394 g/mol. The predicted molar refractivity (Wildman–Crippen MR) is 107 cm³/mol. The minimum Gasteiger partial charge on any atom is -0.445 e. The number of hydrogen-bond acceptors (Lipinski definition) is 6. The summed E-state index contributed by atoms with van der Waals surface area (Å²) >= 11 is 0. The molecule has 7 nitrogen and oxygen atoms in total. The zero-order valence-electron chi connectivity index (χ0n) is 16.4.